The first-order chi connectivity index (χ1) is 11.9. The molecule has 0 saturated carbocycles. The van der Waals surface area contributed by atoms with Crippen molar-refractivity contribution < 1.29 is 0 Å². The van der Waals surface area contributed by atoms with Crippen LogP contribution in [0.2, 0.25) is 0 Å². The van der Waals surface area contributed by atoms with E-state index in [0.29, 0.717) is 0 Å². The molecule has 4 nitrogen and oxygen atoms in total. The second-order valence-corrected chi connectivity index (χ2v) is 6.56. The molecule has 4 heteroatoms. The van der Waals surface area contributed by atoms with Gasteiger partial charge in [0.15, 0.2) is 0 Å². The standard InChI is InChI=1S/C20H32N4/c21-17-13-8-6-4-2-1-3-5-7-12-16-19-20(23-24-22-19)18-14-10-9-11-15-18/h9-11,14-15H,1-8,12-13,16-17,21H2,(H,22,23,24). The Labute approximate surface area is 146 Å². The third-order valence-corrected chi connectivity index (χ3v) is 4.54. The van der Waals surface area contributed by atoms with Crippen molar-refractivity contribution >= 4 is 0 Å². The molecule has 0 radical (unpaired) electrons. The molecule has 0 aliphatic carbocycles. The molecular formula is C20H32N4. The monoisotopic (exact) mass is 328 g/mol. The molecule has 0 unspecified atom stereocenters. The topological polar surface area (TPSA) is 67.6 Å². The fourth-order valence-electron chi connectivity index (χ4n) is 3.11. The zero-order valence-corrected chi connectivity index (χ0v) is 14.8. The SMILES string of the molecule is NCCCCCCCCCCCCc1n[nH]nc1-c1ccccc1. The van der Waals surface area contributed by atoms with Crippen LogP contribution in [0.1, 0.15) is 69.9 Å². The summed E-state index contributed by atoms with van der Waals surface area (Å²) >= 11 is 0. The highest BCUT2D eigenvalue weighted by Gasteiger charge is 2.09. The summed E-state index contributed by atoms with van der Waals surface area (Å²) in [5.41, 5.74) is 8.76. The number of nitrogens with one attached hydrogen (secondary N) is 1. The number of unbranched alkanes of at least 4 members (excludes halogenated alkanes) is 9. The lowest BCUT2D eigenvalue weighted by atomic mass is 10.0. The number of hydrogen-bond donors (Lipinski definition) is 2. The van der Waals surface area contributed by atoms with E-state index in [4.69, 9.17) is 5.73 Å². The number of H-pyrrole nitrogens is 1. The predicted molar refractivity (Wildman–Crippen MR) is 101 cm³/mol. The van der Waals surface area contributed by atoms with E-state index >= 15 is 0 Å². The van der Waals surface area contributed by atoms with Crippen LogP contribution in [0.15, 0.2) is 30.3 Å². The Kier molecular flexibility index (Phi) is 9.17. The van der Waals surface area contributed by atoms with Crippen molar-refractivity contribution in [3.63, 3.8) is 0 Å². The third-order valence-electron chi connectivity index (χ3n) is 4.54. The fraction of sp³-hybridized carbons (Fsp3) is 0.600. The molecule has 1 aromatic carbocycles. The molecule has 0 amide bonds. The molecule has 24 heavy (non-hydrogen) atoms. The van der Waals surface area contributed by atoms with E-state index in [1.807, 2.05) is 18.2 Å². The summed E-state index contributed by atoms with van der Waals surface area (Å²) in [5.74, 6) is 0. The molecule has 132 valence electrons. The van der Waals surface area contributed by atoms with Crippen molar-refractivity contribution in [3.8, 4) is 11.3 Å². The van der Waals surface area contributed by atoms with Crippen LogP contribution in [0.5, 0.6) is 0 Å². The van der Waals surface area contributed by atoms with E-state index in [2.05, 4.69) is 27.5 Å². The Bertz CT molecular complexity index is 536. The van der Waals surface area contributed by atoms with Gasteiger partial charge in [-0.25, -0.2) is 0 Å². The Morgan fingerprint density at radius 2 is 1.29 bits per heavy atom. The number of aryl methyl sites for hydroxylation is 1. The second kappa shape index (κ2) is 11.8. The molecule has 0 spiro atoms. The summed E-state index contributed by atoms with van der Waals surface area (Å²) in [4.78, 5) is 0. The fourth-order valence-corrected chi connectivity index (χ4v) is 3.11. The van der Waals surface area contributed by atoms with Crippen LogP contribution < -0.4 is 5.73 Å². The van der Waals surface area contributed by atoms with Crippen LogP contribution in [-0.4, -0.2) is 22.0 Å². The molecule has 2 rings (SSSR count). The Hall–Kier alpha value is -1.68. The van der Waals surface area contributed by atoms with Crippen LogP contribution >= 0.6 is 0 Å². The molecule has 0 aliphatic rings. The lowest BCUT2D eigenvalue weighted by Gasteiger charge is -2.03. The maximum atomic E-state index is 5.50. The Balaban J connectivity index is 1.54. The van der Waals surface area contributed by atoms with Crippen molar-refractivity contribution in [1.82, 2.24) is 15.4 Å². The maximum Gasteiger partial charge on any atom is 0.115 e. The van der Waals surface area contributed by atoms with Crippen LogP contribution in [0, 0.1) is 0 Å². The minimum Gasteiger partial charge on any atom is -0.330 e. The summed E-state index contributed by atoms with van der Waals surface area (Å²) in [6, 6.07) is 10.3. The normalized spacial score (nSPS) is 11.0. The summed E-state index contributed by atoms with van der Waals surface area (Å²) < 4.78 is 0. The highest BCUT2D eigenvalue weighted by Crippen LogP contribution is 2.21. The lowest BCUT2D eigenvalue weighted by molar-refractivity contribution is 0.552. The smallest absolute Gasteiger partial charge is 0.115 e. The van der Waals surface area contributed by atoms with Gasteiger partial charge in [-0.3, -0.25) is 0 Å². The summed E-state index contributed by atoms with van der Waals surface area (Å²) in [6.07, 6.45) is 14.2. The van der Waals surface area contributed by atoms with Gasteiger partial charge < -0.3 is 5.73 Å². The van der Waals surface area contributed by atoms with Crippen LogP contribution in [-0.2, 0) is 6.42 Å². The number of benzene rings is 1. The second-order valence-electron chi connectivity index (χ2n) is 6.56. The number of nitrogens with two attached hydrogens (primary N) is 1. The van der Waals surface area contributed by atoms with Crippen LogP contribution in [0.4, 0.5) is 0 Å². The number of rotatable bonds is 13. The van der Waals surface area contributed by atoms with E-state index in [1.54, 1.807) is 0 Å². The zero-order chi connectivity index (χ0) is 16.9. The molecule has 0 aliphatic heterocycles. The highest BCUT2D eigenvalue weighted by atomic mass is 15.3. The highest BCUT2D eigenvalue weighted by molar-refractivity contribution is 5.60. The number of nitrogens with zero attached hydrogens (tertiary/aromatic N) is 2. The Morgan fingerprint density at radius 3 is 1.92 bits per heavy atom. The van der Waals surface area contributed by atoms with E-state index in [9.17, 15) is 0 Å². The van der Waals surface area contributed by atoms with Gasteiger partial charge in [0.2, 0.25) is 0 Å². The molecule has 1 heterocycles. The van der Waals surface area contributed by atoms with E-state index < -0.39 is 0 Å². The lowest BCUT2D eigenvalue weighted by Crippen LogP contribution is -1.97. The third kappa shape index (κ3) is 6.83. The van der Waals surface area contributed by atoms with Crippen LogP contribution in [0.3, 0.4) is 0 Å². The van der Waals surface area contributed by atoms with Gasteiger partial charge in [0, 0.05) is 5.56 Å². The first kappa shape index (κ1) is 18.7. The van der Waals surface area contributed by atoms with E-state index in [0.717, 1.165) is 29.9 Å². The predicted octanol–water partition coefficient (Wildman–Crippen LogP) is 4.87. The zero-order valence-electron chi connectivity index (χ0n) is 14.8. The van der Waals surface area contributed by atoms with Gasteiger partial charge in [-0.2, -0.15) is 15.4 Å². The molecule has 0 bridgehead atoms. The number of aromatic amines is 1. The van der Waals surface area contributed by atoms with Gasteiger partial charge in [0.05, 0.1) is 5.69 Å². The number of aromatic nitrogens is 3. The average molecular weight is 329 g/mol. The van der Waals surface area contributed by atoms with E-state index in [-0.39, 0.29) is 0 Å². The average Bonchev–Trinajstić information content (AvgIpc) is 3.09. The van der Waals surface area contributed by atoms with Crippen molar-refractivity contribution in [2.24, 2.45) is 5.73 Å². The van der Waals surface area contributed by atoms with Crippen molar-refractivity contribution in [3.05, 3.63) is 36.0 Å². The molecule has 0 fully saturated rings. The van der Waals surface area contributed by atoms with Gasteiger partial charge in [0.25, 0.3) is 0 Å². The summed E-state index contributed by atoms with van der Waals surface area (Å²) in [7, 11) is 0. The molecular weight excluding hydrogens is 296 g/mol. The Morgan fingerprint density at radius 1 is 0.708 bits per heavy atom. The van der Waals surface area contributed by atoms with Gasteiger partial charge in [0.1, 0.15) is 5.69 Å². The summed E-state index contributed by atoms with van der Waals surface area (Å²) in [6.45, 7) is 0.845. The first-order valence-electron chi connectivity index (χ1n) is 9.57. The van der Waals surface area contributed by atoms with Gasteiger partial charge in [-0.15, -0.1) is 0 Å². The van der Waals surface area contributed by atoms with Gasteiger partial charge in [-0.1, -0.05) is 81.7 Å². The number of hydrogen-bond acceptors (Lipinski definition) is 3. The largest absolute Gasteiger partial charge is 0.330 e. The molecule has 1 aromatic heterocycles. The van der Waals surface area contributed by atoms with Crippen LogP contribution in [0.25, 0.3) is 11.3 Å². The minimum atomic E-state index is 0.845. The van der Waals surface area contributed by atoms with Crippen molar-refractivity contribution in [1.29, 1.82) is 0 Å². The summed E-state index contributed by atoms with van der Waals surface area (Å²) in [5, 5.41) is 11.4. The van der Waals surface area contributed by atoms with Crippen molar-refractivity contribution in [2.45, 2.75) is 70.6 Å². The molecule has 0 saturated heterocycles. The molecule has 0 atom stereocenters. The molecule has 3 N–H and O–H groups in total. The van der Waals surface area contributed by atoms with E-state index in [1.165, 1.54) is 64.2 Å². The minimum absolute atomic E-state index is 0.845. The first-order valence-corrected chi connectivity index (χ1v) is 9.57. The quantitative estimate of drug-likeness (QED) is 0.515. The maximum absolute atomic E-state index is 5.50. The van der Waals surface area contributed by atoms with Gasteiger partial charge in [-0.05, 0) is 25.8 Å². The molecule has 2 aromatic rings. The van der Waals surface area contributed by atoms with Gasteiger partial charge >= 0.3 is 0 Å². The van der Waals surface area contributed by atoms with Crippen molar-refractivity contribution in [2.75, 3.05) is 6.54 Å².